The highest BCUT2D eigenvalue weighted by atomic mass is 32.2. The molecule has 4 rings (SSSR count). The van der Waals surface area contributed by atoms with Crippen molar-refractivity contribution in [3.05, 3.63) is 66.2 Å². The third kappa shape index (κ3) is 5.72. The van der Waals surface area contributed by atoms with E-state index in [2.05, 4.69) is 36.3 Å². The lowest BCUT2D eigenvalue weighted by Gasteiger charge is -2.26. The molecule has 8 nitrogen and oxygen atoms in total. The lowest BCUT2D eigenvalue weighted by molar-refractivity contribution is -0.116. The highest BCUT2D eigenvalue weighted by Gasteiger charge is 2.26. The molecule has 1 aliphatic rings. The molecule has 2 heterocycles. The Morgan fingerprint density at radius 1 is 1.06 bits per heavy atom. The molecule has 0 radical (unpaired) electrons. The Bertz CT molecular complexity index is 1210. The summed E-state index contributed by atoms with van der Waals surface area (Å²) in [5.41, 5.74) is 2.73. The minimum absolute atomic E-state index is 0.195. The van der Waals surface area contributed by atoms with Crippen LogP contribution in [0.15, 0.2) is 64.0 Å². The molecule has 3 aromatic rings. The van der Waals surface area contributed by atoms with Crippen LogP contribution in [0.5, 0.6) is 0 Å². The number of anilines is 1. The Morgan fingerprint density at radius 2 is 1.74 bits per heavy atom. The van der Waals surface area contributed by atoms with E-state index in [1.165, 1.54) is 22.0 Å². The summed E-state index contributed by atoms with van der Waals surface area (Å²) in [6.45, 7) is 5.76. The van der Waals surface area contributed by atoms with Gasteiger partial charge >= 0.3 is 0 Å². The number of hydrogen-bond donors (Lipinski definition) is 1. The summed E-state index contributed by atoms with van der Waals surface area (Å²) in [4.78, 5) is 16.9. The number of ether oxygens (including phenoxy) is 1. The fraction of sp³-hybridized carbons (Fsp3) is 0.360. The maximum absolute atomic E-state index is 12.7. The number of morpholine rings is 1. The van der Waals surface area contributed by atoms with E-state index in [9.17, 15) is 13.2 Å². The van der Waals surface area contributed by atoms with Crippen molar-refractivity contribution in [2.45, 2.75) is 37.5 Å². The van der Waals surface area contributed by atoms with Gasteiger partial charge < -0.3 is 14.5 Å². The summed E-state index contributed by atoms with van der Waals surface area (Å²) < 4.78 is 37.8. The minimum Gasteiger partial charge on any atom is -0.441 e. The van der Waals surface area contributed by atoms with Crippen LogP contribution in [0, 0.1) is 0 Å². The van der Waals surface area contributed by atoms with Gasteiger partial charge in [0.2, 0.25) is 15.9 Å². The summed E-state index contributed by atoms with van der Waals surface area (Å²) in [6, 6.07) is 14.4. The molecule has 0 saturated carbocycles. The molecule has 180 valence electrons. The van der Waals surface area contributed by atoms with E-state index < -0.39 is 10.0 Å². The zero-order valence-electron chi connectivity index (χ0n) is 19.4. The molecule has 34 heavy (non-hydrogen) atoms. The van der Waals surface area contributed by atoms with E-state index in [1.54, 1.807) is 18.3 Å². The zero-order chi connectivity index (χ0) is 24.1. The van der Waals surface area contributed by atoms with Crippen LogP contribution in [-0.4, -0.2) is 49.9 Å². The van der Waals surface area contributed by atoms with E-state index in [4.69, 9.17) is 9.15 Å². The zero-order valence-corrected chi connectivity index (χ0v) is 20.2. The molecule has 0 atom stereocenters. The van der Waals surface area contributed by atoms with Gasteiger partial charge in [0.05, 0.1) is 24.3 Å². The van der Waals surface area contributed by atoms with Crippen LogP contribution in [0.3, 0.4) is 0 Å². The number of aromatic nitrogens is 1. The van der Waals surface area contributed by atoms with Crippen LogP contribution in [-0.2, 0) is 26.0 Å². The quantitative estimate of drug-likeness (QED) is 0.519. The highest BCUT2D eigenvalue weighted by molar-refractivity contribution is 7.89. The SMILES string of the molecule is CC(C)c1ccc(-c2cnc(CCC(=O)Nc3ccc(S(=O)(=O)N4CCOCC4)cc3)o2)cc1. The van der Waals surface area contributed by atoms with Crippen LogP contribution in [0.1, 0.15) is 37.6 Å². The number of nitrogens with zero attached hydrogens (tertiary/aromatic N) is 2. The van der Waals surface area contributed by atoms with Crippen LogP contribution < -0.4 is 5.32 Å². The predicted octanol–water partition coefficient (Wildman–Crippen LogP) is 4.06. The number of benzene rings is 2. The Morgan fingerprint density at radius 3 is 2.38 bits per heavy atom. The third-order valence-corrected chi connectivity index (χ3v) is 7.64. The van der Waals surface area contributed by atoms with Crippen LogP contribution >= 0.6 is 0 Å². The van der Waals surface area contributed by atoms with Gasteiger partial charge in [0.25, 0.3) is 0 Å². The van der Waals surface area contributed by atoms with Gasteiger partial charge in [-0.25, -0.2) is 13.4 Å². The molecule has 1 N–H and O–H groups in total. The van der Waals surface area contributed by atoms with Crippen molar-refractivity contribution in [2.24, 2.45) is 0 Å². The van der Waals surface area contributed by atoms with Crippen molar-refractivity contribution >= 4 is 21.6 Å². The second-order valence-electron chi connectivity index (χ2n) is 8.48. The fourth-order valence-electron chi connectivity index (χ4n) is 3.68. The summed E-state index contributed by atoms with van der Waals surface area (Å²) in [5, 5.41) is 2.79. The number of oxazole rings is 1. The van der Waals surface area contributed by atoms with E-state index >= 15 is 0 Å². The van der Waals surface area contributed by atoms with Crippen molar-refractivity contribution in [1.29, 1.82) is 0 Å². The lowest BCUT2D eigenvalue weighted by atomic mass is 10.0. The van der Waals surface area contributed by atoms with E-state index in [-0.39, 0.29) is 17.2 Å². The van der Waals surface area contributed by atoms with Crippen molar-refractivity contribution in [3.63, 3.8) is 0 Å². The Labute approximate surface area is 200 Å². The average molecular weight is 484 g/mol. The monoisotopic (exact) mass is 483 g/mol. The van der Waals surface area contributed by atoms with Crippen molar-refractivity contribution in [2.75, 3.05) is 31.6 Å². The van der Waals surface area contributed by atoms with Gasteiger partial charge in [-0.1, -0.05) is 38.1 Å². The maximum Gasteiger partial charge on any atom is 0.243 e. The first-order chi connectivity index (χ1) is 16.3. The van der Waals surface area contributed by atoms with Crippen LogP contribution in [0.4, 0.5) is 5.69 Å². The van der Waals surface area contributed by atoms with Gasteiger partial charge in [0.1, 0.15) is 0 Å². The smallest absolute Gasteiger partial charge is 0.243 e. The first-order valence-corrected chi connectivity index (χ1v) is 12.8. The van der Waals surface area contributed by atoms with Gasteiger partial charge in [-0.2, -0.15) is 4.31 Å². The van der Waals surface area contributed by atoms with Crippen LogP contribution in [0.25, 0.3) is 11.3 Å². The Balaban J connectivity index is 1.30. The van der Waals surface area contributed by atoms with Gasteiger partial charge in [-0.3, -0.25) is 4.79 Å². The Hall–Kier alpha value is -3.01. The number of aryl methyl sites for hydroxylation is 1. The molecule has 1 saturated heterocycles. The molecule has 0 aliphatic carbocycles. The van der Waals surface area contributed by atoms with Crippen molar-refractivity contribution < 1.29 is 22.4 Å². The molecule has 9 heteroatoms. The molecular weight excluding hydrogens is 454 g/mol. The molecule has 1 amide bonds. The number of carbonyl (C=O) groups excluding carboxylic acids is 1. The number of nitrogens with one attached hydrogen (secondary N) is 1. The first kappa shape index (κ1) is 24.1. The maximum atomic E-state index is 12.7. The van der Waals surface area contributed by atoms with Gasteiger partial charge in [-0.05, 0) is 35.7 Å². The molecule has 0 spiro atoms. The molecule has 1 fully saturated rings. The first-order valence-electron chi connectivity index (χ1n) is 11.4. The van der Waals surface area contributed by atoms with Gasteiger partial charge in [0.15, 0.2) is 11.7 Å². The van der Waals surface area contributed by atoms with Crippen molar-refractivity contribution in [1.82, 2.24) is 9.29 Å². The number of hydrogen-bond acceptors (Lipinski definition) is 6. The second-order valence-corrected chi connectivity index (χ2v) is 10.4. The normalized spacial score (nSPS) is 14.9. The van der Waals surface area contributed by atoms with E-state index in [1.807, 2.05) is 12.1 Å². The van der Waals surface area contributed by atoms with Crippen LogP contribution in [0.2, 0.25) is 0 Å². The average Bonchev–Trinajstić information content (AvgIpc) is 3.33. The summed E-state index contributed by atoms with van der Waals surface area (Å²) in [7, 11) is -3.56. The summed E-state index contributed by atoms with van der Waals surface area (Å²) >= 11 is 0. The minimum atomic E-state index is -3.56. The molecule has 1 aromatic heterocycles. The highest BCUT2D eigenvalue weighted by Crippen LogP contribution is 2.24. The molecule has 2 aromatic carbocycles. The predicted molar refractivity (Wildman–Crippen MR) is 129 cm³/mol. The number of sulfonamides is 1. The second kappa shape index (κ2) is 10.5. The van der Waals surface area contributed by atoms with Gasteiger partial charge in [-0.15, -0.1) is 0 Å². The van der Waals surface area contributed by atoms with Gasteiger partial charge in [0, 0.05) is 37.2 Å². The fourth-order valence-corrected chi connectivity index (χ4v) is 5.09. The molecule has 1 aliphatic heterocycles. The topological polar surface area (TPSA) is 102 Å². The van der Waals surface area contributed by atoms with Crippen molar-refractivity contribution in [3.8, 4) is 11.3 Å². The summed E-state index contributed by atoms with van der Waals surface area (Å²) in [5.74, 6) is 1.42. The van der Waals surface area contributed by atoms with E-state index in [0.717, 1.165) is 5.56 Å². The number of carbonyl (C=O) groups is 1. The lowest BCUT2D eigenvalue weighted by Crippen LogP contribution is -2.40. The third-order valence-electron chi connectivity index (χ3n) is 5.73. The molecular formula is C25H29N3O5S. The molecule has 0 unspecified atom stereocenters. The molecule has 0 bridgehead atoms. The summed E-state index contributed by atoms with van der Waals surface area (Å²) in [6.07, 6.45) is 2.23. The Kier molecular flexibility index (Phi) is 7.45. The number of amides is 1. The standard InChI is InChI=1S/C25H29N3O5S/c1-18(2)19-3-5-20(6-4-19)23-17-26-25(33-23)12-11-24(29)27-21-7-9-22(10-8-21)34(30,31)28-13-15-32-16-14-28/h3-10,17-18H,11-16H2,1-2H3,(H,27,29). The largest absolute Gasteiger partial charge is 0.441 e. The number of rotatable bonds is 8. The van der Waals surface area contributed by atoms with E-state index in [0.29, 0.717) is 56.0 Å².